The molecule has 88 valence electrons. The molecular formula is C15H17NO. The molecule has 0 spiro atoms. The Labute approximate surface area is 101 Å². The number of nitrogens with zero attached hydrogens (tertiary/aromatic N) is 1. The highest BCUT2D eigenvalue weighted by molar-refractivity contribution is 5.86. The summed E-state index contributed by atoms with van der Waals surface area (Å²) in [4.78, 5) is 2.44. The highest BCUT2D eigenvalue weighted by atomic mass is 16.3. The molecule has 3 rings (SSSR count). The molecule has 0 radical (unpaired) electrons. The smallest absolute Gasteiger partial charge is 0.0682 e. The van der Waals surface area contributed by atoms with Crippen LogP contribution in [0.4, 0.5) is 5.69 Å². The Morgan fingerprint density at radius 2 is 1.65 bits per heavy atom. The third kappa shape index (κ3) is 2.01. The Morgan fingerprint density at radius 3 is 2.41 bits per heavy atom. The van der Waals surface area contributed by atoms with Crippen LogP contribution in [0.2, 0.25) is 0 Å². The van der Waals surface area contributed by atoms with Crippen molar-refractivity contribution in [2.75, 3.05) is 18.0 Å². The van der Waals surface area contributed by atoms with Gasteiger partial charge >= 0.3 is 0 Å². The van der Waals surface area contributed by atoms with E-state index in [0.717, 1.165) is 5.56 Å². The van der Waals surface area contributed by atoms with Gasteiger partial charge < -0.3 is 10.0 Å². The van der Waals surface area contributed by atoms with Gasteiger partial charge in [0.05, 0.1) is 6.61 Å². The van der Waals surface area contributed by atoms with E-state index in [1.165, 1.54) is 42.4 Å². The van der Waals surface area contributed by atoms with Gasteiger partial charge in [0.2, 0.25) is 0 Å². The van der Waals surface area contributed by atoms with E-state index in [9.17, 15) is 0 Å². The van der Waals surface area contributed by atoms with Gasteiger partial charge in [-0.1, -0.05) is 18.2 Å². The number of fused-ring (bicyclic) bond motifs is 1. The second-order valence-electron chi connectivity index (χ2n) is 4.72. The lowest BCUT2D eigenvalue weighted by Gasteiger charge is -2.18. The highest BCUT2D eigenvalue weighted by Crippen LogP contribution is 2.25. The predicted octanol–water partition coefficient (Wildman–Crippen LogP) is 2.93. The van der Waals surface area contributed by atoms with Gasteiger partial charge in [-0.05, 0) is 47.4 Å². The molecule has 2 nitrogen and oxygen atoms in total. The van der Waals surface area contributed by atoms with Crippen LogP contribution in [0.1, 0.15) is 18.4 Å². The minimum absolute atomic E-state index is 0.115. The van der Waals surface area contributed by atoms with Crippen molar-refractivity contribution < 1.29 is 5.11 Å². The quantitative estimate of drug-likeness (QED) is 0.852. The Hall–Kier alpha value is -1.54. The Kier molecular flexibility index (Phi) is 2.73. The van der Waals surface area contributed by atoms with Crippen molar-refractivity contribution in [1.29, 1.82) is 0 Å². The first-order valence-corrected chi connectivity index (χ1v) is 6.25. The molecule has 0 unspecified atom stereocenters. The first kappa shape index (κ1) is 10.6. The number of aliphatic hydroxyl groups is 1. The molecule has 1 aliphatic rings. The fraction of sp³-hybridized carbons (Fsp3) is 0.333. The molecule has 1 aliphatic heterocycles. The van der Waals surface area contributed by atoms with Crippen molar-refractivity contribution in [2.45, 2.75) is 19.4 Å². The second-order valence-corrected chi connectivity index (χ2v) is 4.72. The average Bonchev–Trinajstić information content (AvgIpc) is 2.91. The number of benzene rings is 2. The molecule has 2 heteroatoms. The van der Waals surface area contributed by atoms with E-state index in [-0.39, 0.29) is 6.61 Å². The van der Waals surface area contributed by atoms with E-state index in [1.54, 1.807) is 0 Å². The summed E-state index contributed by atoms with van der Waals surface area (Å²) in [5, 5.41) is 11.6. The summed E-state index contributed by atoms with van der Waals surface area (Å²) in [6.45, 7) is 2.48. The summed E-state index contributed by atoms with van der Waals surface area (Å²) in [5.74, 6) is 0. The van der Waals surface area contributed by atoms with Crippen molar-refractivity contribution >= 4 is 16.5 Å². The largest absolute Gasteiger partial charge is 0.392 e. The molecule has 1 N–H and O–H groups in total. The maximum Gasteiger partial charge on any atom is 0.0682 e. The summed E-state index contributed by atoms with van der Waals surface area (Å²) in [5.41, 5.74) is 2.30. The lowest BCUT2D eigenvalue weighted by Crippen LogP contribution is -2.17. The van der Waals surface area contributed by atoms with Crippen LogP contribution >= 0.6 is 0 Å². The fourth-order valence-corrected chi connectivity index (χ4v) is 2.55. The van der Waals surface area contributed by atoms with Crippen molar-refractivity contribution in [2.24, 2.45) is 0 Å². The van der Waals surface area contributed by atoms with E-state index >= 15 is 0 Å². The first-order chi connectivity index (χ1) is 8.36. The molecule has 0 amide bonds. The van der Waals surface area contributed by atoms with Gasteiger partial charge in [-0.25, -0.2) is 0 Å². The molecular weight excluding hydrogens is 210 g/mol. The zero-order chi connectivity index (χ0) is 11.7. The van der Waals surface area contributed by atoms with Gasteiger partial charge in [0.15, 0.2) is 0 Å². The summed E-state index contributed by atoms with van der Waals surface area (Å²) in [7, 11) is 0. The molecule has 1 heterocycles. The molecule has 0 aliphatic carbocycles. The van der Waals surface area contributed by atoms with Gasteiger partial charge in [-0.3, -0.25) is 0 Å². The van der Waals surface area contributed by atoms with Crippen LogP contribution in [0.15, 0.2) is 36.4 Å². The van der Waals surface area contributed by atoms with E-state index in [2.05, 4.69) is 35.2 Å². The van der Waals surface area contributed by atoms with Gasteiger partial charge in [0, 0.05) is 18.8 Å². The number of aliphatic hydroxyl groups excluding tert-OH is 1. The van der Waals surface area contributed by atoms with Crippen LogP contribution in [-0.2, 0) is 6.61 Å². The molecule has 1 fully saturated rings. The number of anilines is 1. The number of hydrogen-bond acceptors (Lipinski definition) is 2. The van der Waals surface area contributed by atoms with Crippen LogP contribution in [0.25, 0.3) is 10.8 Å². The third-order valence-corrected chi connectivity index (χ3v) is 3.54. The third-order valence-electron chi connectivity index (χ3n) is 3.54. The molecule has 0 saturated carbocycles. The van der Waals surface area contributed by atoms with E-state index in [4.69, 9.17) is 5.11 Å². The summed E-state index contributed by atoms with van der Waals surface area (Å²) >= 11 is 0. The van der Waals surface area contributed by atoms with Crippen LogP contribution in [-0.4, -0.2) is 18.2 Å². The standard InChI is InChI=1S/C15H17NO/c17-11-12-3-4-14-10-15(6-5-13(14)9-12)16-7-1-2-8-16/h3-6,9-10,17H,1-2,7-8,11H2. The van der Waals surface area contributed by atoms with E-state index in [1.807, 2.05) is 6.07 Å². The minimum atomic E-state index is 0.115. The molecule has 0 atom stereocenters. The van der Waals surface area contributed by atoms with Gasteiger partial charge in [0.25, 0.3) is 0 Å². The van der Waals surface area contributed by atoms with E-state index in [0.29, 0.717) is 0 Å². The maximum atomic E-state index is 9.12. The topological polar surface area (TPSA) is 23.5 Å². The van der Waals surface area contributed by atoms with Crippen molar-refractivity contribution in [3.8, 4) is 0 Å². The van der Waals surface area contributed by atoms with Crippen molar-refractivity contribution in [3.63, 3.8) is 0 Å². The summed E-state index contributed by atoms with van der Waals surface area (Å²) in [6, 6.07) is 12.7. The van der Waals surface area contributed by atoms with Crippen molar-refractivity contribution in [1.82, 2.24) is 0 Å². The average molecular weight is 227 g/mol. The molecule has 0 bridgehead atoms. The fourth-order valence-electron chi connectivity index (χ4n) is 2.55. The number of rotatable bonds is 2. The maximum absolute atomic E-state index is 9.12. The SMILES string of the molecule is OCc1ccc2cc(N3CCCC3)ccc2c1. The molecule has 2 aromatic rings. The van der Waals surface area contributed by atoms with Crippen molar-refractivity contribution in [3.05, 3.63) is 42.0 Å². The van der Waals surface area contributed by atoms with E-state index < -0.39 is 0 Å². The minimum Gasteiger partial charge on any atom is -0.392 e. The van der Waals surface area contributed by atoms with Gasteiger partial charge in [0.1, 0.15) is 0 Å². The van der Waals surface area contributed by atoms with Crippen LogP contribution in [0.3, 0.4) is 0 Å². The zero-order valence-electron chi connectivity index (χ0n) is 9.89. The second kappa shape index (κ2) is 4.38. The monoisotopic (exact) mass is 227 g/mol. The molecule has 17 heavy (non-hydrogen) atoms. The first-order valence-electron chi connectivity index (χ1n) is 6.25. The van der Waals surface area contributed by atoms with Crippen LogP contribution < -0.4 is 4.90 Å². The lowest BCUT2D eigenvalue weighted by atomic mass is 10.1. The summed E-state index contributed by atoms with van der Waals surface area (Å²) in [6.07, 6.45) is 2.61. The lowest BCUT2D eigenvalue weighted by molar-refractivity contribution is 0.282. The Bertz CT molecular complexity index is 529. The molecule has 0 aromatic heterocycles. The van der Waals surface area contributed by atoms with Gasteiger partial charge in [-0.15, -0.1) is 0 Å². The van der Waals surface area contributed by atoms with Crippen LogP contribution in [0, 0.1) is 0 Å². The zero-order valence-corrected chi connectivity index (χ0v) is 9.89. The molecule has 1 saturated heterocycles. The Morgan fingerprint density at radius 1 is 0.941 bits per heavy atom. The number of hydrogen-bond donors (Lipinski definition) is 1. The Balaban J connectivity index is 2.01. The van der Waals surface area contributed by atoms with Gasteiger partial charge in [-0.2, -0.15) is 0 Å². The summed E-state index contributed by atoms with van der Waals surface area (Å²) < 4.78 is 0. The normalized spacial score (nSPS) is 15.7. The predicted molar refractivity (Wildman–Crippen MR) is 71.3 cm³/mol. The van der Waals surface area contributed by atoms with Crippen LogP contribution in [0.5, 0.6) is 0 Å². The molecule has 2 aromatic carbocycles. The highest BCUT2D eigenvalue weighted by Gasteiger charge is 2.12.